The molecule has 80 valence electrons. The van der Waals surface area contributed by atoms with E-state index in [4.69, 9.17) is 0 Å². The molecule has 1 aliphatic heterocycles. The molecular formula is C12H16N2O. The molecule has 3 heteroatoms. The third-order valence-corrected chi connectivity index (χ3v) is 2.79. The average Bonchev–Trinajstić information content (AvgIpc) is 2.26. The summed E-state index contributed by atoms with van der Waals surface area (Å²) < 4.78 is 0. The zero-order valence-electron chi connectivity index (χ0n) is 8.94. The largest absolute Gasteiger partial charge is 0.343 e. The van der Waals surface area contributed by atoms with E-state index in [2.05, 4.69) is 17.4 Å². The van der Waals surface area contributed by atoms with Gasteiger partial charge in [0, 0.05) is 20.1 Å². The number of amides is 1. The Bertz CT molecular complexity index is 337. The molecule has 1 amide bonds. The molecule has 1 N–H and O–H groups in total. The molecule has 1 aromatic rings. The van der Waals surface area contributed by atoms with Crippen molar-refractivity contribution in [2.75, 3.05) is 20.1 Å². The number of hydrogen-bond acceptors (Lipinski definition) is 2. The Hall–Kier alpha value is -1.35. The number of piperazine rings is 1. The van der Waals surface area contributed by atoms with Crippen LogP contribution >= 0.6 is 0 Å². The van der Waals surface area contributed by atoms with E-state index in [1.54, 1.807) is 4.90 Å². The molecule has 0 unspecified atom stereocenters. The zero-order valence-corrected chi connectivity index (χ0v) is 8.94. The quantitative estimate of drug-likeness (QED) is 0.767. The third-order valence-electron chi connectivity index (χ3n) is 2.79. The summed E-state index contributed by atoms with van der Waals surface area (Å²) in [6.45, 7) is 1.70. The summed E-state index contributed by atoms with van der Waals surface area (Å²) in [7, 11) is 1.86. The predicted octanol–water partition coefficient (Wildman–Crippen LogP) is 0.659. The summed E-state index contributed by atoms with van der Waals surface area (Å²) in [5, 5.41) is 3.26. The van der Waals surface area contributed by atoms with Gasteiger partial charge in [-0.1, -0.05) is 30.3 Å². The molecule has 0 radical (unpaired) electrons. The zero-order chi connectivity index (χ0) is 10.7. The first kappa shape index (κ1) is 10.2. The summed E-state index contributed by atoms with van der Waals surface area (Å²) in [6.07, 6.45) is 0.782. The van der Waals surface area contributed by atoms with Gasteiger partial charge in [-0.25, -0.2) is 0 Å². The van der Waals surface area contributed by atoms with Gasteiger partial charge in [-0.05, 0) is 12.0 Å². The fourth-order valence-corrected chi connectivity index (χ4v) is 1.88. The predicted molar refractivity (Wildman–Crippen MR) is 59.6 cm³/mol. The molecule has 3 nitrogen and oxygen atoms in total. The van der Waals surface area contributed by atoms with Gasteiger partial charge in [-0.3, -0.25) is 4.79 Å². The van der Waals surface area contributed by atoms with Crippen LogP contribution in [0.25, 0.3) is 0 Å². The molecule has 1 atom stereocenters. The van der Waals surface area contributed by atoms with E-state index < -0.39 is 0 Å². The van der Waals surface area contributed by atoms with Crippen molar-refractivity contribution in [3.05, 3.63) is 35.9 Å². The first-order valence-corrected chi connectivity index (χ1v) is 5.29. The average molecular weight is 204 g/mol. The Kier molecular flexibility index (Phi) is 3.02. The van der Waals surface area contributed by atoms with Crippen LogP contribution in [0.2, 0.25) is 0 Å². The van der Waals surface area contributed by atoms with Crippen molar-refractivity contribution in [1.82, 2.24) is 10.2 Å². The Balaban J connectivity index is 2.03. The van der Waals surface area contributed by atoms with Crippen LogP contribution in [0.5, 0.6) is 0 Å². The fourth-order valence-electron chi connectivity index (χ4n) is 1.88. The number of benzene rings is 1. The fraction of sp³-hybridized carbons (Fsp3) is 0.417. The lowest BCUT2D eigenvalue weighted by atomic mass is 10.0. The molecule has 1 saturated heterocycles. The van der Waals surface area contributed by atoms with Crippen molar-refractivity contribution >= 4 is 5.91 Å². The first-order chi connectivity index (χ1) is 7.27. The number of nitrogens with one attached hydrogen (secondary N) is 1. The van der Waals surface area contributed by atoms with Gasteiger partial charge in [0.05, 0.1) is 6.04 Å². The number of rotatable bonds is 2. The molecule has 0 aromatic heterocycles. The highest BCUT2D eigenvalue weighted by Gasteiger charge is 2.25. The highest BCUT2D eigenvalue weighted by molar-refractivity contribution is 5.82. The maximum Gasteiger partial charge on any atom is 0.239 e. The van der Waals surface area contributed by atoms with Gasteiger partial charge in [0.25, 0.3) is 0 Å². The molecule has 0 saturated carbocycles. The van der Waals surface area contributed by atoms with Gasteiger partial charge in [0.2, 0.25) is 5.91 Å². The van der Waals surface area contributed by atoms with Crippen LogP contribution in [0.15, 0.2) is 30.3 Å². The van der Waals surface area contributed by atoms with Crippen LogP contribution in [0.3, 0.4) is 0 Å². The van der Waals surface area contributed by atoms with E-state index in [0.717, 1.165) is 19.5 Å². The van der Waals surface area contributed by atoms with Crippen LogP contribution in [0, 0.1) is 0 Å². The minimum atomic E-state index is -0.0499. The summed E-state index contributed by atoms with van der Waals surface area (Å²) in [4.78, 5) is 13.6. The van der Waals surface area contributed by atoms with E-state index in [-0.39, 0.29) is 11.9 Å². The molecule has 0 spiro atoms. The van der Waals surface area contributed by atoms with Crippen molar-refractivity contribution in [2.45, 2.75) is 12.5 Å². The number of hydrogen-bond donors (Lipinski definition) is 1. The highest BCUT2D eigenvalue weighted by Crippen LogP contribution is 2.07. The van der Waals surface area contributed by atoms with E-state index in [1.807, 2.05) is 25.2 Å². The number of nitrogens with zero attached hydrogens (tertiary/aromatic N) is 1. The van der Waals surface area contributed by atoms with Crippen LogP contribution < -0.4 is 5.32 Å². The molecule has 2 rings (SSSR count). The molecule has 15 heavy (non-hydrogen) atoms. The standard InChI is InChI=1S/C12H16N2O/c1-14-8-7-13-11(12(14)15)9-10-5-3-2-4-6-10/h2-6,11,13H,7-9H2,1H3/t11-/m1/s1. The SMILES string of the molecule is CN1CCN[C@H](Cc2ccccc2)C1=O. The molecule has 1 fully saturated rings. The summed E-state index contributed by atoms with van der Waals surface area (Å²) in [5.74, 6) is 0.199. The maximum absolute atomic E-state index is 11.8. The minimum absolute atomic E-state index is 0.0499. The van der Waals surface area contributed by atoms with Crippen LogP contribution in [0.1, 0.15) is 5.56 Å². The lowest BCUT2D eigenvalue weighted by Crippen LogP contribution is -2.54. The Morgan fingerprint density at radius 2 is 2.13 bits per heavy atom. The Morgan fingerprint density at radius 3 is 2.87 bits per heavy atom. The summed E-state index contributed by atoms with van der Waals surface area (Å²) >= 11 is 0. The second-order valence-corrected chi connectivity index (χ2v) is 3.96. The summed E-state index contributed by atoms with van der Waals surface area (Å²) in [6, 6.07) is 10.1. The molecule has 1 heterocycles. The lowest BCUT2D eigenvalue weighted by molar-refractivity contribution is -0.134. The van der Waals surface area contributed by atoms with E-state index in [0.29, 0.717) is 0 Å². The van der Waals surface area contributed by atoms with Gasteiger partial charge in [-0.2, -0.15) is 0 Å². The smallest absolute Gasteiger partial charge is 0.239 e. The van der Waals surface area contributed by atoms with Gasteiger partial charge >= 0.3 is 0 Å². The maximum atomic E-state index is 11.8. The van der Waals surface area contributed by atoms with Crippen molar-refractivity contribution in [3.8, 4) is 0 Å². The highest BCUT2D eigenvalue weighted by atomic mass is 16.2. The first-order valence-electron chi connectivity index (χ1n) is 5.29. The van der Waals surface area contributed by atoms with Crippen LogP contribution in [-0.4, -0.2) is 37.0 Å². The van der Waals surface area contributed by atoms with Crippen LogP contribution in [-0.2, 0) is 11.2 Å². The van der Waals surface area contributed by atoms with Crippen molar-refractivity contribution < 1.29 is 4.79 Å². The van der Waals surface area contributed by atoms with Gasteiger partial charge < -0.3 is 10.2 Å². The third kappa shape index (κ3) is 2.36. The molecule has 1 aliphatic rings. The topological polar surface area (TPSA) is 32.3 Å². The van der Waals surface area contributed by atoms with Crippen LogP contribution in [0.4, 0.5) is 0 Å². The van der Waals surface area contributed by atoms with E-state index in [9.17, 15) is 4.79 Å². The minimum Gasteiger partial charge on any atom is -0.343 e. The molecule has 0 aliphatic carbocycles. The molecular weight excluding hydrogens is 188 g/mol. The van der Waals surface area contributed by atoms with Gasteiger partial charge in [0.1, 0.15) is 0 Å². The second-order valence-electron chi connectivity index (χ2n) is 3.96. The number of carbonyl (C=O) groups is 1. The summed E-state index contributed by atoms with van der Waals surface area (Å²) in [5.41, 5.74) is 1.21. The lowest BCUT2D eigenvalue weighted by Gasteiger charge is -2.30. The number of likely N-dealkylation sites (N-methyl/N-ethyl adjacent to an activating group) is 1. The second kappa shape index (κ2) is 4.45. The molecule has 0 bridgehead atoms. The monoisotopic (exact) mass is 204 g/mol. The van der Waals surface area contributed by atoms with E-state index in [1.165, 1.54) is 5.56 Å². The molecule has 1 aromatic carbocycles. The van der Waals surface area contributed by atoms with Crippen molar-refractivity contribution in [2.24, 2.45) is 0 Å². The van der Waals surface area contributed by atoms with Gasteiger partial charge in [-0.15, -0.1) is 0 Å². The van der Waals surface area contributed by atoms with Crippen molar-refractivity contribution in [3.63, 3.8) is 0 Å². The normalized spacial score (nSPS) is 21.8. The Morgan fingerprint density at radius 1 is 1.40 bits per heavy atom. The Labute approximate surface area is 90.1 Å². The van der Waals surface area contributed by atoms with Gasteiger partial charge in [0.15, 0.2) is 0 Å². The van der Waals surface area contributed by atoms with Crippen molar-refractivity contribution in [1.29, 1.82) is 0 Å². The number of carbonyl (C=O) groups excluding carboxylic acids is 1. The van der Waals surface area contributed by atoms with E-state index >= 15 is 0 Å².